The van der Waals surface area contributed by atoms with Crippen molar-refractivity contribution in [3.63, 3.8) is 0 Å². The Balaban J connectivity index is 1.21. The maximum absolute atomic E-state index is 5.23. The molecule has 5 aromatic carbocycles. The third-order valence-electron chi connectivity index (χ3n) is 9.13. The van der Waals surface area contributed by atoms with Crippen LogP contribution < -0.4 is 5.32 Å². The summed E-state index contributed by atoms with van der Waals surface area (Å²) in [5.74, 6) is 0.340. The van der Waals surface area contributed by atoms with E-state index in [0.29, 0.717) is 5.92 Å². The van der Waals surface area contributed by atoms with Crippen molar-refractivity contribution in [3.8, 4) is 39.3 Å². The quantitative estimate of drug-likeness (QED) is 0.231. The Morgan fingerprint density at radius 2 is 1.27 bits per heavy atom. The molecule has 0 amide bonds. The van der Waals surface area contributed by atoms with Gasteiger partial charge in [-0.3, -0.25) is 0 Å². The molecule has 0 fully saturated rings. The number of allylic oxidation sites excluding steroid dienone is 2. The van der Waals surface area contributed by atoms with Gasteiger partial charge in [0, 0.05) is 27.8 Å². The van der Waals surface area contributed by atoms with E-state index < -0.39 is 0 Å². The standard InChI is InChI=1S/C41H29N3/c1-2-11-27(12-3-1)28-21-23-29(24-22-28)35-17-10-18-37(42-35)34-15-6-9-20-39(34)44-38-19-8-5-14-31(38)33-26-25-32-30-13-4-7-16-36(30)43-40(32)41(33)44/h1-26,30,36,43H. The molecule has 1 aliphatic heterocycles. The Kier molecular flexibility index (Phi) is 5.63. The highest BCUT2D eigenvalue weighted by atomic mass is 15.0. The van der Waals surface area contributed by atoms with E-state index in [1.807, 2.05) is 0 Å². The zero-order chi connectivity index (χ0) is 29.0. The van der Waals surface area contributed by atoms with Crippen molar-refractivity contribution in [2.45, 2.75) is 12.0 Å². The molecule has 7 aromatic rings. The summed E-state index contributed by atoms with van der Waals surface area (Å²) in [6.45, 7) is 0. The van der Waals surface area contributed by atoms with Crippen molar-refractivity contribution >= 4 is 27.5 Å². The number of pyridine rings is 1. The van der Waals surface area contributed by atoms with Gasteiger partial charge < -0.3 is 9.88 Å². The molecule has 44 heavy (non-hydrogen) atoms. The second kappa shape index (κ2) is 9.96. The van der Waals surface area contributed by atoms with Gasteiger partial charge >= 0.3 is 0 Å². The van der Waals surface area contributed by atoms with Gasteiger partial charge in [0.05, 0.1) is 39.8 Å². The first-order valence-corrected chi connectivity index (χ1v) is 15.2. The smallest absolute Gasteiger partial charge is 0.0776 e. The summed E-state index contributed by atoms with van der Waals surface area (Å²) >= 11 is 0. The van der Waals surface area contributed by atoms with Crippen LogP contribution in [0.2, 0.25) is 0 Å². The summed E-state index contributed by atoms with van der Waals surface area (Å²) in [7, 11) is 0. The summed E-state index contributed by atoms with van der Waals surface area (Å²) in [6.07, 6.45) is 8.91. The second-order valence-corrected chi connectivity index (χ2v) is 11.6. The zero-order valence-corrected chi connectivity index (χ0v) is 24.1. The molecule has 3 heteroatoms. The van der Waals surface area contributed by atoms with Crippen LogP contribution in [0, 0.1) is 0 Å². The minimum Gasteiger partial charge on any atom is -0.376 e. The van der Waals surface area contributed by atoms with E-state index in [1.165, 1.54) is 44.2 Å². The van der Waals surface area contributed by atoms with Crippen LogP contribution in [0.3, 0.4) is 0 Å². The molecule has 9 rings (SSSR count). The van der Waals surface area contributed by atoms with Gasteiger partial charge in [0.1, 0.15) is 0 Å². The van der Waals surface area contributed by atoms with Gasteiger partial charge in [0.25, 0.3) is 0 Å². The van der Waals surface area contributed by atoms with Gasteiger partial charge in [-0.15, -0.1) is 0 Å². The van der Waals surface area contributed by atoms with E-state index in [2.05, 4.69) is 168 Å². The molecule has 1 aliphatic carbocycles. The molecule has 2 aliphatic rings. The number of nitrogens with one attached hydrogen (secondary N) is 1. The molecule has 208 valence electrons. The number of hydrogen-bond donors (Lipinski definition) is 1. The summed E-state index contributed by atoms with van der Waals surface area (Å²) in [5, 5.41) is 6.39. The number of rotatable bonds is 4. The van der Waals surface area contributed by atoms with Gasteiger partial charge in [-0.05, 0) is 41.0 Å². The third-order valence-corrected chi connectivity index (χ3v) is 9.13. The molecule has 0 radical (unpaired) electrons. The number of para-hydroxylation sites is 2. The van der Waals surface area contributed by atoms with Gasteiger partial charge in [-0.1, -0.05) is 133 Å². The topological polar surface area (TPSA) is 29.9 Å². The monoisotopic (exact) mass is 563 g/mol. The molecule has 2 aromatic heterocycles. The van der Waals surface area contributed by atoms with Crippen LogP contribution in [0.15, 0.2) is 158 Å². The Hall–Kier alpha value is -5.67. The highest BCUT2D eigenvalue weighted by Gasteiger charge is 2.33. The van der Waals surface area contributed by atoms with Crippen molar-refractivity contribution in [2.75, 3.05) is 5.32 Å². The van der Waals surface area contributed by atoms with Gasteiger partial charge in [-0.2, -0.15) is 0 Å². The van der Waals surface area contributed by atoms with Crippen LogP contribution in [-0.2, 0) is 0 Å². The molecule has 2 unspecified atom stereocenters. The maximum Gasteiger partial charge on any atom is 0.0776 e. The van der Waals surface area contributed by atoms with E-state index >= 15 is 0 Å². The number of benzene rings is 5. The largest absolute Gasteiger partial charge is 0.376 e. The van der Waals surface area contributed by atoms with Crippen molar-refractivity contribution in [2.24, 2.45) is 0 Å². The van der Waals surface area contributed by atoms with Crippen molar-refractivity contribution in [3.05, 3.63) is 163 Å². The number of anilines is 1. The first-order chi connectivity index (χ1) is 21.8. The van der Waals surface area contributed by atoms with E-state index in [4.69, 9.17) is 4.98 Å². The molecule has 0 spiro atoms. The predicted octanol–water partition coefficient (Wildman–Crippen LogP) is 10.2. The van der Waals surface area contributed by atoms with Crippen LogP contribution in [0.25, 0.3) is 61.1 Å². The maximum atomic E-state index is 5.23. The lowest BCUT2D eigenvalue weighted by Crippen LogP contribution is -2.17. The lowest BCUT2D eigenvalue weighted by molar-refractivity contribution is 0.805. The molecule has 0 bridgehead atoms. The fourth-order valence-electron chi connectivity index (χ4n) is 7.06. The molecule has 1 N–H and O–H groups in total. The summed E-state index contributed by atoms with van der Waals surface area (Å²) < 4.78 is 2.44. The van der Waals surface area contributed by atoms with Crippen LogP contribution in [-0.4, -0.2) is 15.6 Å². The normalized spacial score (nSPS) is 16.6. The summed E-state index contributed by atoms with van der Waals surface area (Å²) in [6, 6.07) is 47.9. The lowest BCUT2D eigenvalue weighted by Gasteiger charge is -2.16. The Morgan fingerprint density at radius 3 is 2.18 bits per heavy atom. The van der Waals surface area contributed by atoms with E-state index in [9.17, 15) is 0 Å². The molecule has 3 nitrogen and oxygen atoms in total. The molecule has 2 atom stereocenters. The minimum atomic E-state index is 0.272. The van der Waals surface area contributed by atoms with E-state index in [-0.39, 0.29) is 6.04 Å². The average Bonchev–Trinajstić information content (AvgIpc) is 3.65. The van der Waals surface area contributed by atoms with Crippen LogP contribution >= 0.6 is 0 Å². The van der Waals surface area contributed by atoms with Crippen molar-refractivity contribution < 1.29 is 0 Å². The fourth-order valence-corrected chi connectivity index (χ4v) is 7.06. The number of aromatic nitrogens is 2. The average molecular weight is 564 g/mol. The third kappa shape index (κ3) is 3.86. The van der Waals surface area contributed by atoms with Crippen LogP contribution in [0.5, 0.6) is 0 Å². The van der Waals surface area contributed by atoms with Crippen LogP contribution in [0.4, 0.5) is 5.69 Å². The molecule has 0 saturated heterocycles. The fraction of sp³-hybridized carbons (Fsp3) is 0.0488. The first kappa shape index (κ1) is 24.9. The number of fused-ring (bicyclic) bond motifs is 7. The molecular formula is C41H29N3. The second-order valence-electron chi connectivity index (χ2n) is 11.6. The van der Waals surface area contributed by atoms with Crippen molar-refractivity contribution in [1.82, 2.24) is 9.55 Å². The van der Waals surface area contributed by atoms with E-state index in [1.54, 1.807) is 0 Å². The Morgan fingerprint density at radius 1 is 0.545 bits per heavy atom. The zero-order valence-electron chi connectivity index (χ0n) is 24.1. The highest BCUT2D eigenvalue weighted by Crippen LogP contribution is 2.47. The minimum absolute atomic E-state index is 0.272. The van der Waals surface area contributed by atoms with E-state index in [0.717, 1.165) is 28.2 Å². The molecule has 0 saturated carbocycles. The molecule has 3 heterocycles. The summed E-state index contributed by atoms with van der Waals surface area (Å²) in [5.41, 5.74) is 12.7. The summed E-state index contributed by atoms with van der Waals surface area (Å²) in [4.78, 5) is 5.23. The van der Waals surface area contributed by atoms with Crippen LogP contribution in [0.1, 0.15) is 11.5 Å². The number of nitrogens with zero attached hydrogens (tertiary/aromatic N) is 2. The highest BCUT2D eigenvalue weighted by molar-refractivity contribution is 6.14. The predicted molar refractivity (Wildman–Crippen MR) is 183 cm³/mol. The Bertz CT molecular complexity index is 2250. The van der Waals surface area contributed by atoms with Gasteiger partial charge in [-0.25, -0.2) is 4.98 Å². The van der Waals surface area contributed by atoms with Gasteiger partial charge in [0.2, 0.25) is 0 Å². The van der Waals surface area contributed by atoms with Gasteiger partial charge in [0.15, 0.2) is 0 Å². The Labute approximate surface area is 256 Å². The first-order valence-electron chi connectivity index (χ1n) is 15.2. The lowest BCUT2D eigenvalue weighted by atomic mass is 9.91. The van der Waals surface area contributed by atoms with Crippen molar-refractivity contribution in [1.29, 1.82) is 0 Å². The number of hydrogen-bond acceptors (Lipinski definition) is 2. The molecular weight excluding hydrogens is 534 g/mol. The SMILES string of the molecule is C1=CC2Nc3c(ccc4c5ccccc5n(-c5ccccc5-c5cccc(-c6ccc(-c7ccccc7)cc6)n5)c34)C2C=C1.